The van der Waals surface area contributed by atoms with E-state index in [9.17, 15) is 0 Å². The fourth-order valence-corrected chi connectivity index (χ4v) is 2.93. The number of rotatable bonds is 4. The number of hydrogen-bond acceptors (Lipinski definition) is 2. The van der Waals surface area contributed by atoms with Gasteiger partial charge in [-0.3, -0.25) is 0 Å². The maximum absolute atomic E-state index is 6.28. The van der Waals surface area contributed by atoms with Crippen molar-refractivity contribution >= 4 is 33.2 Å². The van der Waals surface area contributed by atoms with Crippen molar-refractivity contribution in [2.45, 2.75) is 33.3 Å². The van der Waals surface area contributed by atoms with Crippen LogP contribution in [-0.4, -0.2) is 0 Å². The quantitative estimate of drug-likeness (QED) is 0.703. The number of ether oxygens (including phenoxy) is 1. The Bertz CT molecular complexity index is 655. The van der Waals surface area contributed by atoms with Crippen molar-refractivity contribution < 1.29 is 4.74 Å². The number of nitrogen functional groups attached to an aromatic ring is 1. The predicted octanol–water partition coefficient (Wildman–Crippen LogP) is 5.70. The summed E-state index contributed by atoms with van der Waals surface area (Å²) in [7, 11) is 0. The van der Waals surface area contributed by atoms with Crippen molar-refractivity contribution in [2.75, 3.05) is 5.73 Å². The Balaban J connectivity index is 2.21. The summed E-state index contributed by atoms with van der Waals surface area (Å²) in [5, 5.41) is 0.790. The van der Waals surface area contributed by atoms with Crippen LogP contribution < -0.4 is 10.5 Å². The van der Waals surface area contributed by atoms with E-state index in [1.165, 1.54) is 0 Å². The zero-order valence-corrected chi connectivity index (χ0v) is 14.8. The Kier molecular flexibility index (Phi) is 5.17. The molecular formula is C17H19BrClNO. The second-order valence-electron chi connectivity index (χ2n) is 5.43. The molecule has 2 N–H and O–H groups in total. The predicted molar refractivity (Wildman–Crippen MR) is 93.2 cm³/mol. The molecule has 0 spiro atoms. The Hall–Kier alpha value is -1.19. The molecule has 21 heavy (non-hydrogen) atoms. The van der Waals surface area contributed by atoms with E-state index in [0.717, 1.165) is 37.6 Å². The molecule has 0 radical (unpaired) electrons. The third kappa shape index (κ3) is 3.92. The van der Waals surface area contributed by atoms with Crippen LogP contribution in [0, 0.1) is 6.92 Å². The van der Waals surface area contributed by atoms with E-state index >= 15 is 0 Å². The van der Waals surface area contributed by atoms with Crippen LogP contribution in [0.1, 0.15) is 36.5 Å². The zero-order valence-electron chi connectivity index (χ0n) is 12.4. The summed E-state index contributed by atoms with van der Waals surface area (Å²) >= 11 is 9.68. The fourth-order valence-electron chi connectivity index (χ4n) is 2.12. The summed E-state index contributed by atoms with van der Waals surface area (Å²) in [5.74, 6) is 1.21. The lowest BCUT2D eigenvalue weighted by Gasteiger charge is -2.15. The monoisotopic (exact) mass is 367 g/mol. The number of nitrogens with two attached hydrogens (primary N) is 1. The number of hydrogen-bond donors (Lipinski definition) is 1. The highest BCUT2D eigenvalue weighted by atomic mass is 79.9. The normalized spacial score (nSPS) is 11.0. The second kappa shape index (κ2) is 6.71. The van der Waals surface area contributed by atoms with Gasteiger partial charge >= 0.3 is 0 Å². The van der Waals surface area contributed by atoms with E-state index in [2.05, 4.69) is 29.8 Å². The summed E-state index contributed by atoms with van der Waals surface area (Å²) in [6.07, 6.45) is 0. The molecule has 0 amide bonds. The molecule has 2 rings (SSSR count). The first-order valence-electron chi connectivity index (χ1n) is 6.85. The maximum Gasteiger partial charge on any atom is 0.123 e. The Morgan fingerprint density at radius 3 is 2.57 bits per heavy atom. The highest BCUT2D eigenvalue weighted by Gasteiger charge is 2.11. The molecule has 0 heterocycles. The van der Waals surface area contributed by atoms with Crippen molar-refractivity contribution in [3.8, 4) is 5.75 Å². The average Bonchev–Trinajstić information content (AvgIpc) is 2.39. The molecule has 2 nitrogen and oxygen atoms in total. The van der Waals surface area contributed by atoms with Gasteiger partial charge in [-0.05, 0) is 48.2 Å². The van der Waals surface area contributed by atoms with Gasteiger partial charge in [0, 0.05) is 20.7 Å². The van der Waals surface area contributed by atoms with Gasteiger partial charge < -0.3 is 10.5 Å². The van der Waals surface area contributed by atoms with E-state index in [0.29, 0.717) is 12.5 Å². The summed E-state index contributed by atoms with van der Waals surface area (Å²) < 4.78 is 6.90. The molecule has 0 atom stereocenters. The van der Waals surface area contributed by atoms with E-state index < -0.39 is 0 Å². The SMILES string of the molecule is Cc1cc(Cl)c(C(C)C)cc1OCc1ccc(Br)cc1N. The number of benzene rings is 2. The minimum Gasteiger partial charge on any atom is -0.489 e. The van der Waals surface area contributed by atoms with Crippen molar-refractivity contribution in [1.82, 2.24) is 0 Å². The minimum absolute atomic E-state index is 0.359. The highest BCUT2D eigenvalue weighted by Crippen LogP contribution is 2.32. The minimum atomic E-state index is 0.359. The van der Waals surface area contributed by atoms with Crippen molar-refractivity contribution in [2.24, 2.45) is 0 Å². The zero-order chi connectivity index (χ0) is 15.6. The van der Waals surface area contributed by atoms with E-state index in [1.807, 2.05) is 37.3 Å². The highest BCUT2D eigenvalue weighted by molar-refractivity contribution is 9.10. The van der Waals surface area contributed by atoms with E-state index in [1.54, 1.807) is 0 Å². The van der Waals surface area contributed by atoms with Crippen LogP contribution >= 0.6 is 27.5 Å². The van der Waals surface area contributed by atoms with Gasteiger partial charge in [-0.25, -0.2) is 0 Å². The van der Waals surface area contributed by atoms with Crippen LogP contribution in [0.5, 0.6) is 5.75 Å². The van der Waals surface area contributed by atoms with Gasteiger partial charge in [-0.1, -0.05) is 47.4 Å². The number of halogens is 2. The van der Waals surface area contributed by atoms with Crippen LogP contribution in [-0.2, 0) is 6.61 Å². The molecule has 0 unspecified atom stereocenters. The maximum atomic E-state index is 6.28. The lowest BCUT2D eigenvalue weighted by molar-refractivity contribution is 0.304. The lowest BCUT2D eigenvalue weighted by Crippen LogP contribution is -2.02. The largest absolute Gasteiger partial charge is 0.489 e. The van der Waals surface area contributed by atoms with E-state index in [4.69, 9.17) is 22.1 Å². The van der Waals surface area contributed by atoms with Gasteiger partial charge in [0.15, 0.2) is 0 Å². The van der Waals surface area contributed by atoms with Crippen LogP contribution in [0.2, 0.25) is 5.02 Å². The van der Waals surface area contributed by atoms with Crippen LogP contribution in [0.15, 0.2) is 34.8 Å². The Morgan fingerprint density at radius 2 is 1.95 bits per heavy atom. The van der Waals surface area contributed by atoms with Gasteiger partial charge in [0.1, 0.15) is 12.4 Å². The summed E-state index contributed by atoms with van der Waals surface area (Å²) in [6.45, 7) is 6.68. The molecular weight excluding hydrogens is 350 g/mol. The molecule has 2 aromatic rings. The van der Waals surface area contributed by atoms with Crippen LogP contribution in [0.4, 0.5) is 5.69 Å². The van der Waals surface area contributed by atoms with Crippen molar-refractivity contribution in [3.05, 3.63) is 56.5 Å². The van der Waals surface area contributed by atoms with Gasteiger partial charge in [-0.15, -0.1) is 0 Å². The summed E-state index contributed by atoms with van der Waals surface area (Å²) in [6, 6.07) is 9.79. The summed E-state index contributed by atoms with van der Waals surface area (Å²) in [4.78, 5) is 0. The molecule has 0 saturated heterocycles. The number of aryl methyl sites for hydroxylation is 1. The first-order chi connectivity index (χ1) is 9.88. The molecule has 112 valence electrons. The van der Waals surface area contributed by atoms with Crippen molar-refractivity contribution in [1.29, 1.82) is 0 Å². The Labute approximate surface area is 139 Å². The molecule has 2 aromatic carbocycles. The molecule has 4 heteroatoms. The average molecular weight is 369 g/mol. The molecule has 0 aliphatic rings. The van der Waals surface area contributed by atoms with Gasteiger partial charge in [0.05, 0.1) is 0 Å². The first kappa shape index (κ1) is 16.2. The van der Waals surface area contributed by atoms with Crippen molar-refractivity contribution in [3.63, 3.8) is 0 Å². The van der Waals surface area contributed by atoms with E-state index in [-0.39, 0.29) is 0 Å². The molecule has 0 saturated carbocycles. The molecule has 0 aliphatic carbocycles. The van der Waals surface area contributed by atoms with Crippen LogP contribution in [0.25, 0.3) is 0 Å². The third-order valence-electron chi connectivity index (χ3n) is 3.41. The fraction of sp³-hybridized carbons (Fsp3) is 0.294. The molecule has 0 aliphatic heterocycles. The Morgan fingerprint density at radius 1 is 1.24 bits per heavy atom. The van der Waals surface area contributed by atoms with Gasteiger partial charge in [0.25, 0.3) is 0 Å². The standard InChI is InChI=1S/C17H19BrClNO/c1-10(2)14-8-17(11(3)6-15(14)19)21-9-12-4-5-13(18)7-16(12)20/h4-8,10H,9,20H2,1-3H3. The molecule has 0 bridgehead atoms. The lowest BCUT2D eigenvalue weighted by atomic mass is 10.0. The molecule has 0 fully saturated rings. The second-order valence-corrected chi connectivity index (χ2v) is 6.75. The smallest absolute Gasteiger partial charge is 0.123 e. The summed E-state index contributed by atoms with van der Waals surface area (Å²) in [5.41, 5.74) is 9.81. The van der Waals surface area contributed by atoms with Gasteiger partial charge in [0.2, 0.25) is 0 Å². The molecule has 0 aromatic heterocycles. The number of anilines is 1. The van der Waals surface area contributed by atoms with Gasteiger partial charge in [-0.2, -0.15) is 0 Å². The third-order valence-corrected chi connectivity index (χ3v) is 4.23. The van der Waals surface area contributed by atoms with Crippen LogP contribution in [0.3, 0.4) is 0 Å². The topological polar surface area (TPSA) is 35.2 Å². The first-order valence-corrected chi connectivity index (χ1v) is 8.02.